The number of allylic oxidation sites excluding steroid dienone is 3. The van der Waals surface area contributed by atoms with Crippen molar-refractivity contribution >= 4 is 29.3 Å². The van der Waals surface area contributed by atoms with Crippen molar-refractivity contribution in [1.29, 1.82) is 0 Å². The van der Waals surface area contributed by atoms with Crippen LogP contribution in [0.5, 0.6) is 0 Å². The maximum atomic E-state index is 12.6. The molecule has 1 unspecified atom stereocenters. The largest absolute Gasteiger partial charge is 0.337 e. The fourth-order valence-electron chi connectivity index (χ4n) is 3.34. The first kappa shape index (κ1) is 17.9. The zero-order valence-electron chi connectivity index (χ0n) is 15.0. The summed E-state index contributed by atoms with van der Waals surface area (Å²) in [5.74, 6) is -0.415. The van der Waals surface area contributed by atoms with Gasteiger partial charge in [-0.15, -0.1) is 11.8 Å². The molecule has 0 spiro atoms. The number of nitrogens with zero attached hydrogens (tertiary/aromatic N) is 3. The van der Waals surface area contributed by atoms with Gasteiger partial charge in [0.2, 0.25) is 5.91 Å². The number of rotatable bonds is 3. The van der Waals surface area contributed by atoms with Crippen molar-refractivity contribution in [2.45, 2.75) is 11.8 Å². The van der Waals surface area contributed by atoms with Crippen molar-refractivity contribution in [3.8, 4) is 0 Å². The molecule has 3 aliphatic rings. The summed E-state index contributed by atoms with van der Waals surface area (Å²) in [6.45, 7) is 3.92. The molecule has 1 aromatic rings. The number of carbonyl (C=O) groups is 2. The van der Waals surface area contributed by atoms with Crippen LogP contribution in [0.1, 0.15) is 5.56 Å². The summed E-state index contributed by atoms with van der Waals surface area (Å²) < 4.78 is 0. The number of carbonyl (C=O) groups excluding carboxylic acids is 2. The molecule has 27 heavy (non-hydrogen) atoms. The molecule has 1 saturated heterocycles. The summed E-state index contributed by atoms with van der Waals surface area (Å²) in [6, 6.07) is 10.4. The first-order valence-corrected chi connectivity index (χ1v) is 9.98. The van der Waals surface area contributed by atoms with Crippen molar-refractivity contribution in [1.82, 2.24) is 9.80 Å². The average Bonchev–Trinajstić information content (AvgIpc) is 2.70. The van der Waals surface area contributed by atoms with Crippen molar-refractivity contribution in [3.05, 3.63) is 71.2 Å². The van der Waals surface area contributed by atoms with Crippen LogP contribution < -0.4 is 0 Å². The predicted octanol–water partition coefficient (Wildman–Crippen LogP) is 2.42. The Bertz CT molecular complexity index is 849. The standard InChI is InChI=1S/C21H21N3O2S/c25-20(14-19-21(26)22-17-8-4-5-9-18(17)27-19)24-12-10-23(11-13-24)15-16-6-2-1-3-7-16/h1-9,14,18H,10-13,15H2/b19-14-. The zero-order chi connectivity index (χ0) is 18.6. The minimum atomic E-state index is -0.317. The average molecular weight is 379 g/mol. The monoisotopic (exact) mass is 379 g/mol. The van der Waals surface area contributed by atoms with E-state index in [9.17, 15) is 9.59 Å². The lowest BCUT2D eigenvalue weighted by molar-refractivity contribution is -0.128. The molecule has 0 radical (unpaired) electrons. The minimum absolute atomic E-state index is 0.0227. The normalized spacial score (nSPS) is 24.1. The lowest BCUT2D eigenvalue weighted by Gasteiger charge is -2.34. The van der Waals surface area contributed by atoms with Gasteiger partial charge >= 0.3 is 0 Å². The van der Waals surface area contributed by atoms with Crippen LogP contribution in [-0.4, -0.2) is 58.8 Å². The molecule has 0 saturated carbocycles. The van der Waals surface area contributed by atoms with E-state index in [-0.39, 0.29) is 17.1 Å². The van der Waals surface area contributed by atoms with Gasteiger partial charge in [-0.1, -0.05) is 48.6 Å². The Labute approximate surface area is 163 Å². The van der Waals surface area contributed by atoms with Crippen LogP contribution in [0, 0.1) is 0 Å². The molecule has 6 heteroatoms. The van der Waals surface area contributed by atoms with Gasteiger partial charge in [0.25, 0.3) is 5.91 Å². The molecular weight excluding hydrogens is 358 g/mol. The highest BCUT2D eigenvalue weighted by atomic mass is 32.2. The second-order valence-corrected chi connectivity index (χ2v) is 7.90. The van der Waals surface area contributed by atoms with Crippen molar-refractivity contribution in [2.75, 3.05) is 26.2 Å². The molecule has 5 nitrogen and oxygen atoms in total. The summed E-state index contributed by atoms with van der Waals surface area (Å²) in [7, 11) is 0. The van der Waals surface area contributed by atoms with Crippen molar-refractivity contribution in [3.63, 3.8) is 0 Å². The van der Waals surface area contributed by atoms with Crippen LogP contribution in [0.15, 0.2) is 70.6 Å². The maximum absolute atomic E-state index is 12.6. The maximum Gasteiger partial charge on any atom is 0.283 e. The molecule has 2 heterocycles. The molecule has 2 aliphatic heterocycles. The molecule has 0 aromatic heterocycles. The van der Waals surface area contributed by atoms with E-state index in [1.165, 1.54) is 23.4 Å². The third-order valence-electron chi connectivity index (χ3n) is 4.84. The molecule has 1 fully saturated rings. The summed E-state index contributed by atoms with van der Waals surface area (Å²) in [5.41, 5.74) is 2.04. The molecule has 0 bridgehead atoms. The van der Waals surface area contributed by atoms with E-state index in [0.717, 1.165) is 25.3 Å². The van der Waals surface area contributed by atoms with Crippen LogP contribution in [0.25, 0.3) is 0 Å². The van der Waals surface area contributed by atoms with Gasteiger partial charge in [0.1, 0.15) is 0 Å². The SMILES string of the molecule is O=C1N=C2C=CC=CC2S/C1=C\C(=O)N1CCN(Cc2ccccc2)CC1. The molecular formula is C21H21N3O2S. The van der Waals surface area contributed by atoms with E-state index >= 15 is 0 Å². The predicted molar refractivity (Wildman–Crippen MR) is 108 cm³/mol. The van der Waals surface area contributed by atoms with Gasteiger partial charge in [-0.05, 0) is 11.6 Å². The highest BCUT2D eigenvalue weighted by molar-refractivity contribution is 8.05. The Balaban J connectivity index is 1.35. The van der Waals surface area contributed by atoms with Crippen LogP contribution in [0.2, 0.25) is 0 Å². The highest BCUT2D eigenvalue weighted by Gasteiger charge is 2.28. The molecule has 1 aromatic carbocycles. The van der Waals surface area contributed by atoms with E-state index in [1.54, 1.807) is 0 Å². The Kier molecular flexibility index (Phi) is 5.36. The van der Waals surface area contributed by atoms with Crippen molar-refractivity contribution < 1.29 is 9.59 Å². The summed E-state index contributed by atoms with van der Waals surface area (Å²) in [6.07, 6.45) is 9.12. The van der Waals surface area contributed by atoms with Gasteiger partial charge in [-0.2, -0.15) is 0 Å². The van der Waals surface area contributed by atoms with Gasteiger partial charge in [0, 0.05) is 38.8 Å². The first-order valence-electron chi connectivity index (χ1n) is 9.10. The molecule has 4 rings (SSSR count). The number of hydrogen-bond donors (Lipinski definition) is 0. The van der Waals surface area contributed by atoms with Crippen LogP contribution in [0.3, 0.4) is 0 Å². The number of amides is 2. The number of benzene rings is 1. The van der Waals surface area contributed by atoms with Crippen molar-refractivity contribution in [2.24, 2.45) is 4.99 Å². The lowest BCUT2D eigenvalue weighted by Crippen LogP contribution is -2.48. The Morgan fingerprint density at radius 3 is 2.70 bits per heavy atom. The summed E-state index contributed by atoms with van der Waals surface area (Å²) in [4.78, 5) is 33.5. The Hall–Kier alpha value is -2.44. The number of piperazine rings is 1. The number of hydrogen-bond acceptors (Lipinski definition) is 4. The van der Waals surface area contributed by atoms with Gasteiger partial charge in [-0.25, -0.2) is 4.99 Å². The third-order valence-corrected chi connectivity index (χ3v) is 6.04. The van der Waals surface area contributed by atoms with Gasteiger partial charge in [0.15, 0.2) is 0 Å². The smallest absolute Gasteiger partial charge is 0.283 e. The second-order valence-electron chi connectivity index (χ2n) is 6.72. The Morgan fingerprint density at radius 1 is 1.15 bits per heavy atom. The van der Waals surface area contributed by atoms with E-state index in [1.807, 2.05) is 47.4 Å². The van der Waals surface area contributed by atoms with Crippen LogP contribution in [0.4, 0.5) is 0 Å². The minimum Gasteiger partial charge on any atom is -0.337 e. The molecule has 1 aliphatic carbocycles. The molecule has 0 N–H and O–H groups in total. The van der Waals surface area contributed by atoms with Gasteiger partial charge in [0.05, 0.1) is 15.9 Å². The fourth-order valence-corrected chi connectivity index (χ4v) is 4.35. The van der Waals surface area contributed by atoms with Crippen LogP contribution >= 0.6 is 11.8 Å². The third kappa shape index (κ3) is 4.28. The summed E-state index contributed by atoms with van der Waals surface area (Å²) in [5, 5.41) is 0.0227. The first-order chi connectivity index (χ1) is 13.2. The van der Waals surface area contributed by atoms with E-state index < -0.39 is 0 Å². The lowest BCUT2D eigenvalue weighted by atomic mass is 10.1. The van der Waals surface area contributed by atoms with E-state index in [4.69, 9.17) is 0 Å². The quantitative estimate of drug-likeness (QED) is 0.757. The van der Waals surface area contributed by atoms with Gasteiger partial charge in [-0.3, -0.25) is 14.5 Å². The number of thioether (sulfide) groups is 1. The fraction of sp³-hybridized carbons (Fsp3) is 0.286. The van der Waals surface area contributed by atoms with E-state index in [0.29, 0.717) is 18.0 Å². The summed E-state index contributed by atoms with van der Waals surface area (Å²) >= 11 is 1.40. The highest BCUT2D eigenvalue weighted by Crippen LogP contribution is 2.31. The van der Waals surface area contributed by atoms with Gasteiger partial charge < -0.3 is 4.90 Å². The topological polar surface area (TPSA) is 53.0 Å². The molecule has 2 amide bonds. The number of aliphatic imine (C=N–C) groups is 1. The number of fused-ring (bicyclic) bond motifs is 1. The zero-order valence-corrected chi connectivity index (χ0v) is 15.8. The van der Waals surface area contributed by atoms with E-state index in [2.05, 4.69) is 22.0 Å². The van der Waals surface area contributed by atoms with Crippen LogP contribution in [-0.2, 0) is 16.1 Å². The molecule has 1 atom stereocenters. The Morgan fingerprint density at radius 2 is 1.93 bits per heavy atom. The molecule has 138 valence electrons. The second kappa shape index (κ2) is 8.06.